The Morgan fingerprint density at radius 2 is 1.86 bits per heavy atom. The zero-order chi connectivity index (χ0) is 20.6. The summed E-state index contributed by atoms with van der Waals surface area (Å²) in [6.07, 6.45) is 2.93. The van der Waals surface area contributed by atoms with Gasteiger partial charge in [0.2, 0.25) is 11.8 Å². The van der Waals surface area contributed by atoms with Crippen molar-refractivity contribution in [3.63, 3.8) is 0 Å². The Hall–Kier alpha value is -2.82. The second-order valence-electron chi connectivity index (χ2n) is 7.47. The summed E-state index contributed by atoms with van der Waals surface area (Å²) in [5, 5.41) is 0. The number of carbonyl (C=O) groups excluding carboxylic acids is 2. The molecule has 154 valence electrons. The Morgan fingerprint density at radius 1 is 1.10 bits per heavy atom. The molecule has 1 atom stereocenters. The lowest BCUT2D eigenvalue weighted by molar-refractivity contribution is -0.146. The van der Waals surface area contributed by atoms with Crippen LogP contribution in [0.4, 0.5) is 0 Å². The summed E-state index contributed by atoms with van der Waals surface area (Å²) in [5.41, 5.74) is 2.07. The molecule has 1 aliphatic heterocycles. The number of ether oxygens (including phenoxy) is 1. The van der Waals surface area contributed by atoms with Crippen molar-refractivity contribution in [3.8, 4) is 5.75 Å². The highest BCUT2D eigenvalue weighted by atomic mass is 16.5. The molecule has 0 aromatic heterocycles. The van der Waals surface area contributed by atoms with Gasteiger partial charge < -0.3 is 14.5 Å². The fourth-order valence-corrected chi connectivity index (χ4v) is 3.87. The first-order chi connectivity index (χ1) is 14.1. The fraction of sp³-hybridized carbons (Fsp3) is 0.417. The highest BCUT2D eigenvalue weighted by molar-refractivity contribution is 5.88. The van der Waals surface area contributed by atoms with Crippen LogP contribution < -0.4 is 4.74 Å². The fourth-order valence-electron chi connectivity index (χ4n) is 3.87. The first-order valence-corrected chi connectivity index (χ1v) is 10.4. The second-order valence-corrected chi connectivity index (χ2v) is 7.47. The number of benzene rings is 2. The van der Waals surface area contributed by atoms with Crippen molar-refractivity contribution in [1.82, 2.24) is 9.80 Å². The summed E-state index contributed by atoms with van der Waals surface area (Å²) in [7, 11) is 1.63. The van der Waals surface area contributed by atoms with Crippen LogP contribution in [-0.2, 0) is 22.7 Å². The van der Waals surface area contributed by atoms with Gasteiger partial charge in [-0.2, -0.15) is 0 Å². The summed E-state index contributed by atoms with van der Waals surface area (Å²) in [5.74, 6) is 0.848. The number of likely N-dealkylation sites (tertiary alicyclic amines) is 1. The van der Waals surface area contributed by atoms with Gasteiger partial charge in [-0.15, -0.1) is 0 Å². The summed E-state index contributed by atoms with van der Waals surface area (Å²) in [6.45, 7) is 3.60. The average molecular weight is 395 g/mol. The predicted molar refractivity (Wildman–Crippen MR) is 113 cm³/mol. The molecule has 0 aliphatic carbocycles. The smallest absolute Gasteiger partial charge is 0.245 e. The summed E-state index contributed by atoms with van der Waals surface area (Å²) < 4.78 is 5.31. The molecule has 0 radical (unpaired) electrons. The van der Waals surface area contributed by atoms with Crippen molar-refractivity contribution in [3.05, 3.63) is 65.7 Å². The molecular formula is C24H30N2O3. The lowest BCUT2D eigenvalue weighted by atomic mass is 10.1. The number of likely N-dealkylation sites (N-methyl/N-ethyl adjacent to an activating group) is 1. The van der Waals surface area contributed by atoms with E-state index in [1.807, 2.05) is 66.4 Å². The molecule has 0 unspecified atom stereocenters. The molecule has 2 aromatic rings. The Bertz CT molecular complexity index is 822. The van der Waals surface area contributed by atoms with E-state index in [0.29, 0.717) is 32.5 Å². The summed E-state index contributed by atoms with van der Waals surface area (Å²) in [6, 6.07) is 17.3. The van der Waals surface area contributed by atoms with Crippen LogP contribution in [0.3, 0.4) is 0 Å². The molecule has 1 heterocycles. The van der Waals surface area contributed by atoms with E-state index in [9.17, 15) is 9.59 Å². The number of hydrogen-bond acceptors (Lipinski definition) is 3. The third-order valence-corrected chi connectivity index (χ3v) is 5.50. The number of rotatable bonds is 7. The van der Waals surface area contributed by atoms with Crippen LogP contribution in [0.5, 0.6) is 5.75 Å². The minimum absolute atomic E-state index is 0.0366. The van der Waals surface area contributed by atoms with Crippen molar-refractivity contribution in [2.45, 2.75) is 51.7 Å². The van der Waals surface area contributed by atoms with Gasteiger partial charge in [-0.05, 0) is 43.0 Å². The quantitative estimate of drug-likeness (QED) is 0.713. The molecule has 1 fully saturated rings. The number of hydrogen-bond donors (Lipinski definition) is 0. The molecule has 5 heteroatoms. The predicted octanol–water partition coefficient (Wildman–Crippen LogP) is 4.02. The zero-order valence-corrected chi connectivity index (χ0v) is 17.3. The normalized spacial score (nSPS) is 17.0. The van der Waals surface area contributed by atoms with Crippen LogP contribution in [0.2, 0.25) is 0 Å². The molecule has 3 rings (SSSR count). The van der Waals surface area contributed by atoms with E-state index in [-0.39, 0.29) is 11.8 Å². The van der Waals surface area contributed by atoms with Gasteiger partial charge in [-0.3, -0.25) is 9.59 Å². The molecule has 1 saturated heterocycles. The van der Waals surface area contributed by atoms with Crippen LogP contribution in [-0.4, -0.2) is 41.3 Å². The number of methoxy groups -OCH3 is 1. The third kappa shape index (κ3) is 5.37. The van der Waals surface area contributed by atoms with E-state index in [1.165, 1.54) is 0 Å². The molecule has 29 heavy (non-hydrogen) atoms. The summed E-state index contributed by atoms with van der Waals surface area (Å²) in [4.78, 5) is 30.0. The maximum atomic E-state index is 13.5. The van der Waals surface area contributed by atoms with E-state index in [4.69, 9.17) is 4.74 Å². The summed E-state index contributed by atoms with van der Waals surface area (Å²) >= 11 is 0. The topological polar surface area (TPSA) is 49.9 Å². The van der Waals surface area contributed by atoms with Gasteiger partial charge in [-0.25, -0.2) is 0 Å². The molecule has 2 aromatic carbocycles. The van der Waals surface area contributed by atoms with Crippen molar-refractivity contribution < 1.29 is 14.3 Å². The lowest BCUT2D eigenvalue weighted by Gasteiger charge is -2.33. The van der Waals surface area contributed by atoms with Crippen LogP contribution in [0, 0.1) is 0 Å². The first-order valence-electron chi connectivity index (χ1n) is 10.4. The highest BCUT2D eigenvalue weighted by Gasteiger charge is 2.34. The SMILES string of the molecule is CCN(Cc1ccccc1)C(=O)[C@@H]1CCCCC(=O)N1Cc1cccc(OC)c1. The van der Waals surface area contributed by atoms with E-state index in [2.05, 4.69) is 0 Å². The van der Waals surface area contributed by atoms with Crippen LogP contribution >= 0.6 is 0 Å². The molecule has 0 spiro atoms. The van der Waals surface area contributed by atoms with Gasteiger partial charge in [0.25, 0.3) is 0 Å². The van der Waals surface area contributed by atoms with Gasteiger partial charge >= 0.3 is 0 Å². The third-order valence-electron chi connectivity index (χ3n) is 5.50. The molecule has 0 N–H and O–H groups in total. The van der Waals surface area contributed by atoms with Crippen molar-refractivity contribution in [2.24, 2.45) is 0 Å². The number of amides is 2. The molecule has 2 amide bonds. The van der Waals surface area contributed by atoms with Crippen LogP contribution in [0.15, 0.2) is 54.6 Å². The maximum absolute atomic E-state index is 13.5. The molecular weight excluding hydrogens is 364 g/mol. The monoisotopic (exact) mass is 394 g/mol. The van der Waals surface area contributed by atoms with E-state index < -0.39 is 6.04 Å². The Balaban J connectivity index is 1.82. The molecule has 5 nitrogen and oxygen atoms in total. The van der Waals surface area contributed by atoms with Crippen LogP contribution in [0.25, 0.3) is 0 Å². The van der Waals surface area contributed by atoms with E-state index in [0.717, 1.165) is 29.7 Å². The van der Waals surface area contributed by atoms with Gasteiger partial charge in [0.15, 0.2) is 0 Å². The molecule has 0 saturated carbocycles. The minimum Gasteiger partial charge on any atom is -0.497 e. The van der Waals surface area contributed by atoms with E-state index >= 15 is 0 Å². The van der Waals surface area contributed by atoms with Gasteiger partial charge in [-0.1, -0.05) is 48.9 Å². The van der Waals surface area contributed by atoms with Crippen molar-refractivity contribution in [2.75, 3.05) is 13.7 Å². The number of carbonyl (C=O) groups is 2. The Morgan fingerprint density at radius 3 is 2.59 bits per heavy atom. The lowest BCUT2D eigenvalue weighted by Crippen LogP contribution is -2.49. The minimum atomic E-state index is -0.417. The van der Waals surface area contributed by atoms with E-state index in [1.54, 1.807) is 12.0 Å². The van der Waals surface area contributed by atoms with Gasteiger partial charge in [0.05, 0.1) is 7.11 Å². The highest BCUT2D eigenvalue weighted by Crippen LogP contribution is 2.24. The standard InChI is InChI=1S/C24H30N2O3/c1-3-25(17-19-10-5-4-6-11-19)24(28)22-14-7-8-15-23(27)26(22)18-20-12-9-13-21(16-20)29-2/h4-6,9-13,16,22H,3,7-8,14-15,17-18H2,1-2H3/t22-/m0/s1. The maximum Gasteiger partial charge on any atom is 0.245 e. The van der Waals surface area contributed by atoms with Gasteiger partial charge in [0, 0.05) is 26.1 Å². The number of nitrogens with zero attached hydrogens (tertiary/aromatic N) is 2. The van der Waals surface area contributed by atoms with Crippen molar-refractivity contribution in [1.29, 1.82) is 0 Å². The largest absolute Gasteiger partial charge is 0.497 e. The first kappa shape index (κ1) is 20.9. The Kier molecular flexibility index (Phi) is 7.28. The second kappa shape index (κ2) is 10.1. The molecule has 1 aliphatic rings. The van der Waals surface area contributed by atoms with Gasteiger partial charge in [0.1, 0.15) is 11.8 Å². The average Bonchev–Trinajstić information content (AvgIpc) is 2.94. The molecule has 0 bridgehead atoms. The van der Waals surface area contributed by atoms with Crippen LogP contribution in [0.1, 0.15) is 43.7 Å². The Labute approximate surface area is 173 Å². The van der Waals surface area contributed by atoms with Crippen molar-refractivity contribution >= 4 is 11.8 Å². The zero-order valence-electron chi connectivity index (χ0n) is 17.3.